The standard InChI is InChI=1S/C15H25N3O2/c1-4-18-13(9-11(2)16-18)15(20)17(3)10-12-7-5-6-8-14(12)19/h9,12,14,19H,4-8,10H2,1-3H3. The summed E-state index contributed by atoms with van der Waals surface area (Å²) in [5, 5.41) is 14.3. The highest BCUT2D eigenvalue weighted by Gasteiger charge is 2.27. The van der Waals surface area contributed by atoms with Crippen molar-refractivity contribution in [1.82, 2.24) is 14.7 Å². The molecule has 1 saturated carbocycles. The van der Waals surface area contributed by atoms with E-state index in [-0.39, 0.29) is 17.9 Å². The molecule has 1 aliphatic carbocycles. The van der Waals surface area contributed by atoms with Crippen LogP contribution in [0.2, 0.25) is 0 Å². The minimum atomic E-state index is -0.267. The smallest absolute Gasteiger partial charge is 0.271 e. The molecule has 2 atom stereocenters. The molecule has 1 aromatic rings. The molecule has 2 unspecified atom stereocenters. The molecule has 1 N–H and O–H groups in total. The van der Waals surface area contributed by atoms with Crippen molar-refractivity contribution in [3.8, 4) is 0 Å². The lowest BCUT2D eigenvalue weighted by Gasteiger charge is -2.31. The van der Waals surface area contributed by atoms with Gasteiger partial charge in [0.05, 0.1) is 11.8 Å². The molecule has 0 aromatic carbocycles. The van der Waals surface area contributed by atoms with Gasteiger partial charge in [0.15, 0.2) is 0 Å². The van der Waals surface area contributed by atoms with Crippen LogP contribution in [0.3, 0.4) is 0 Å². The lowest BCUT2D eigenvalue weighted by Crippen LogP contribution is -2.38. The van der Waals surface area contributed by atoms with Gasteiger partial charge in [0.1, 0.15) is 5.69 Å². The van der Waals surface area contributed by atoms with Gasteiger partial charge in [0.25, 0.3) is 5.91 Å². The fourth-order valence-electron chi connectivity index (χ4n) is 2.99. The van der Waals surface area contributed by atoms with Crippen LogP contribution >= 0.6 is 0 Å². The van der Waals surface area contributed by atoms with E-state index in [2.05, 4.69) is 5.10 Å². The molecule has 1 aromatic heterocycles. The Morgan fingerprint density at radius 2 is 2.20 bits per heavy atom. The largest absolute Gasteiger partial charge is 0.393 e. The van der Waals surface area contributed by atoms with Crippen LogP contribution in [0.25, 0.3) is 0 Å². The molecule has 1 heterocycles. The highest BCUT2D eigenvalue weighted by atomic mass is 16.3. The molecule has 112 valence electrons. The van der Waals surface area contributed by atoms with Crippen LogP contribution in [0.15, 0.2) is 6.07 Å². The molecular weight excluding hydrogens is 254 g/mol. The Morgan fingerprint density at radius 1 is 1.50 bits per heavy atom. The minimum absolute atomic E-state index is 0.00905. The number of carbonyl (C=O) groups excluding carboxylic acids is 1. The Balaban J connectivity index is 2.04. The molecule has 1 amide bonds. The molecule has 0 saturated heterocycles. The lowest BCUT2D eigenvalue weighted by molar-refractivity contribution is 0.0446. The summed E-state index contributed by atoms with van der Waals surface area (Å²) in [6.07, 6.45) is 3.84. The fourth-order valence-corrected chi connectivity index (χ4v) is 2.99. The Bertz CT molecular complexity index is 470. The predicted octanol–water partition coefficient (Wildman–Crippen LogP) is 1.83. The van der Waals surface area contributed by atoms with Gasteiger partial charge in [-0.15, -0.1) is 0 Å². The molecule has 1 fully saturated rings. The van der Waals surface area contributed by atoms with Crippen molar-refractivity contribution < 1.29 is 9.90 Å². The van der Waals surface area contributed by atoms with Crippen LogP contribution < -0.4 is 0 Å². The third-order valence-corrected chi connectivity index (χ3v) is 4.14. The lowest BCUT2D eigenvalue weighted by atomic mass is 9.86. The van der Waals surface area contributed by atoms with Gasteiger partial charge in [0.2, 0.25) is 0 Å². The summed E-state index contributed by atoms with van der Waals surface area (Å²) in [7, 11) is 1.81. The minimum Gasteiger partial charge on any atom is -0.393 e. The van der Waals surface area contributed by atoms with Crippen LogP contribution in [-0.4, -0.2) is 45.4 Å². The number of hydrogen-bond donors (Lipinski definition) is 1. The maximum absolute atomic E-state index is 12.5. The topological polar surface area (TPSA) is 58.4 Å². The highest BCUT2D eigenvalue weighted by molar-refractivity contribution is 5.92. The van der Waals surface area contributed by atoms with Gasteiger partial charge in [-0.25, -0.2) is 0 Å². The SMILES string of the molecule is CCn1nc(C)cc1C(=O)N(C)CC1CCCCC1O. The van der Waals surface area contributed by atoms with Gasteiger partial charge in [0, 0.05) is 26.1 Å². The van der Waals surface area contributed by atoms with Crippen molar-refractivity contribution in [2.45, 2.75) is 52.2 Å². The van der Waals surface area contributed by atoms with Gasteiger partial charge >= 0.3 is 0 Å². The first kappa shape index (κ1) is 15.0. The molecule has 20 heavy (non-hydrogen) atoms. The van der Waals surface area contributed by atoms with Crippen LogP contribution in [0.4, 0.5) is 0 Å². The van der Waals surface area contributed by atoms with Crippen LogP contribution in [0, 0.1) is 12.8 Å². The zero-order chi connectivity index (χ0) is 14.7. The normalized spacial score (nSPS) is 22.8. The van der Waals surface area contributed by atoms with Gasteiger partial charge in [-0.1, -0.05) is 12.8 Å². The van der Waals surface area contributed by atoms with Crippen molar-refractivity contribution in [2.24, 2.45) is 5.92 Å². The summed E-state index contributed by atoms with van der Waals surface area (Å²) in [6, 6.07) is 1.83. The number of rotatable bonds is 4. The molecule has 2 rings (SSSR count). The maximum Gasteiger partial charge on any atom is 0.271 e. The van der Waals surface area contributed by atoms with Gasteiger partial charge < -0.3 is 10.0 Å². The highest BCUT2D eigenvalue weighted by Crippen LogP contribution is 2.25. The van der Waals surface area contributed by atoms with Crippen molar-refractivity contribution >= 4 is 5.91 Å². The summed E-state index contributed by atoms with van der Waals surface area (Å²) < 4.78 is 1.74. The summed E-state index contributed by atoms with van der Waals surface area (Å²) >= 11 is 0. The maximum atomic E-state index is 12.5. The molecule has 1 aliphatic rings. The molecule has 0 radical (unpaired) electrons. The Hall–Kier alpha value is -1.36. The third kappa shape index (κ3) is 3.20. The van der Waals surface area contributed by atoms with Crippen LogP contribution in [0.5, 0.6) is 0 Å². The third-order valence-electron chi connectivity index (χ3n) is 4.14. The van der Waals surface area contributed by atoms with Crippen molar-refractivity contribution in [2.75, 3.05) is 13.6 Å². The summed E-state index contributed by atoms with van der Waals surface area (Å²) in [5.41, 5.74) is 1.50. The second-order valence-electron chi connectivity index (χ2n) is 5.78. The van der Waals surface area contributed by atoms with E-state index >= 15 is 0 Å². The number of aliphatic hydroxyl groups excluding tert-OH is 1. The molecule has 0 aliphatic heterocycles. The quantitative estimate of drug-likeness (QED) is 0.915. The van der Waals surface area contributed by atoms with Gasteiger partial charge in [-0.05, 0) is 32.8 Å². The fraction of sp³-hybridized carbons (Fsp3) is 0.733. The second-order valence-corrected chi connectivity index (χ2v) is 5.78. The van der Waals surface area contributed by atoms with E-state index in [1.54, 1.807) is 9.58 Å². The first-order valence-corrected chi connectivity index (χ1v) is 7.51. The molecule has 5 heteroatoms. The predicted molar refractivity (Wildman–Crippen MR) is 77.6 cm³/mol. The number of carbonyl (C=O) groups is 1. The molecule has 0 spiro atoms. The average Bonchev–Trinajstić information content (AvgIpc) is 2.81. The number of aryl methyl sites for hydroxylation is 2. The van der Waals surface area contributed by atoms with E-state index in [1.807, 2.05) is 27.0 Å². The van der Waals surface area contributed by atoms with E-state index in [4.69, 9.17) is 0 Å². The zero-order valence-corrected chi connectivity index (χ0v) is 12.7. The van der Waals surface area contributed by atoms with E-state index < -0.39 is 0 Å². The molecule has 5 nitrogen and oxygen atoms in total. The molecular formula is C15H25N3O2. The van der Waals surface area contributed by atoms with Crippen molar-refractivity contribution in [3.05, 3.63) is 17.5 Å². The number of nitrogens with zero attached hydrogens (tertiary/aromatic N) is 3. The average molecular weight is 279 g/mol. The first-order valence-electron chi connectivity index (χ1n) is 7.51. The van der Waals surface area contributed by atoms with Crippen LogP contribution in [0.1, 0.15) is 48.8 Å². The Morgan fingerprint density at radius 3 is 2.85 bits per heavy atom. The second kappa shape index (κ2) is 6.39. The van der Waals surface area contributed by atoms with Crippen molar-refractivity contribution in [1.29, 1.82) is 0 Å². The van der Waals surface area contributed by atoms with Crippen molar-refractivity contribution in [3.63, 3.8) is 0 Å². The zero-order valence-electron chi connectivity index (χ0n) is 12.7. The molecule has 0 bridgehead atoms. The van der Waals surface area contributed by atoms with E-state index in [0.29, 0.717) is 18.8 Å². The number of aromatic nitrogens is 2. The Kier molecular flexibility index (Phi) is 4.81. The summed E-state index contributed by atoms with van der Waals surface area (Å²) in [6.45, 7) is 5.19. The number of aliphatic hydroxyl groups is 1. The summed E-state index contributed by atoms with van der Waals surface area (Å²) in [5.74, 6) is 0.196. The Labute approximate surface area is 120 Å². The monoisotopic (exact) mass is 279 g/mol. The summed E-state index contributed by atoms with van der Waals surface area (Å²) in [4.78, 5) is 14.2. The van der Waals surface area contributed by atoms with Gasteiger partial charge in [-0.3, -0.25) is 9.48 Å². The van der Waals surface area contributed by atoms with Crippen LogP contribution in [-0.2, 0) is 6.54 Å². The first-order chi connectivity index (χ1) is 9.52. The van der Waals surface area contributed by atoms with E-state index in [1.165, 1.54) is 0 Å². The van der Waals surface area contributed by atoms with E-state index in [0.717, 1.165) is 31.4 Å². The number of hydrogen-bond acceptors (Lipinski definition) is 3. The number of amides is 1. The van der Waals surface area contributed by atoms with Gasteiger partial charge in [-0.2, -0.15) is 5.10 Å². The van der Waals surface area contributed by atoms with E-state index in [9.17, 15) is 9.90 Å².